The van der Waals surface area contributed by atoms with Gasteiger partial charge < -0.3 is 15.6 Å². The molecule has 0 aliphatic rings. The molecule has 21 heavy (non-hydrogen) atoms. The molecule has 2 rings (SSSR count). The highest BCUT2D eigenvalue weighted by atomic mass is 19.1. The van der Waals surface area contributed by atoms with Crippen LogP contribution in [0.15, 0.2) is 48.5 Å². The van der Waals surface area contributed by atoms with Gasteiger partial charge in [-0.2, -0.15) is 0 Å². The molecule has 0 bridgehead atoms. The van der Waals surface area contributed by atoms with Crippen LogP contribution in [-0.4, -0.2) is 11.1 Å². The highest BCUT2D eigenvalue weighted by Gasteiger charge is 2.33. The highest BCUT2D eigenvalue weighted by molar-refractivity contribution is 5.81. The van der Waals surface area contributed by atoms with E-state index in [-0.39, 0.29) is 17.9 Å². The summed E-state index contributed by atoms with van der Waals surface area (Å²) in [5, 5.41) is 9.19. The summed E-state index contributed by atoms with van der Waals surface area (Å²) in [6, 6.07) is 13.1. The van der Waals surface area contributed by atoms with E-state index in [4.69, 9.17) is 10.5 Å². The van der Waals surface area contributed by atoms with E-state index in [2.05, 4.69) is 0 Å². The number of aliphatic carboxylic acids is 1. The molecule has 2 aromatic carbocycles. The Balaban J connectivity index is 2.29. The van der Waals surface area contributed by atoms with Crippen molar-refractivity contribution in [1.29, 1.82) is 0 Å². The first-order valence-corrected chi connectivity index (χ1v) is 6.40. The molecular formula is C16H16FNO3. The third-order valence-corrected chi connectivity index (χ3v) is 3.18. The predicted molar refractivity (Wildman–Crippen MR) is 76.3 cm³/mol. The minimum Gasteiger partial charge on any atom is -0.489 e. The Morgan fingerprint density at radius 3 is 2.57 bits per heavy atom. The summed E-state index contributed by atoms with van der Waals surface area (Å²) in [5.41, 5.74) is 5.07. The van der Waals surface area contributed by atoms with E-state index in [0.29, 0.717) is 0 Å². The number of carboxylic acids is 1. The molecule has 0 aliphatic carbocycles. The van der Waals surface area contributed by atoms with Gasteiger partial charge in [-0.15, -0.1) is 0 Å². The summed E-state index contributed by atoms with van der Waals surface area (Å²) in [6.45, 7) is 1.55. The maximum atomic E-state index is 13.4. The van der Waals surface area contributed by atoms with Gasteiger partial charge in [0.25, 0.3) is 0 Å². The van der Waals surface area contributed by atoms with Crippen molar-refractivity contribution in [3.05, 3.63) is 65.5 Å². The standard InChI is InChI=1S/C16H16FNO3/c1-16(18,15(19)20)13-9-12(17)7-8-14(13)21-10-11-5-3-2-4-6-11/h2-9H,10,18H2,1H3,(H,19,20). The molecule has 0 spiro atoms. The summed E-state index contributed by atoms with van der Waals surface area (Å²) in [4.78, 5) is 11.3. The van der Waals surface area contributed by atoms with Gasteiger partial charge in [-0.05, 0) is 30.7 Å². The average Bonchev–Trinajstić information content (AvgIpc) is 2.46. The zero-order valence-corrected chi connectivity index (χ0v) is 11.5. The molecule has 0 aliphatic heterocycles. The van der Waals surface area contributed by atoms with E-state index in [0.717, 1.165) is 11.6 Å². The molecule has 1 atom stereocenters. The number of nitrogens with two attached hydrogens (primary N) is 1. The monoisotopic (exact) mass is 289 g/mol. The lowest BCUT2D eigenvalue weighted by atomic mass is 9.92. The molecular weight excluding hydrogens is 273 g/mol. The van der Waals surface area contributed by atoms with E-state index in [1.165, 1.54) is 19.1 Å². The molecule has 0 aromatic heterocycles. The summed E-state index contributed by atoms with van der Waals surface area (Å²) in [7, 11) is 0. The number of hydrogen-bond acceptors (Lipinski definition) is 3. The third-order valence-electron chi connectivity index (χ3n) is 3.18. The van der Waals surface area contributed by atoms with Crippen molar-refractivity contribution >= 4 is 5.97 Å². The van der Waals surface area contributed by atoms with Crippen LogP contribution < -0.4 is 10.5 Å². The topological polar surface area (TPSA) is 72.6 Å². The number of rotatable bonds is 5. The molecule has 1 unspecified atom stereocenters. The van der Waals surface area contributed by atoms with Crippen molar-refractivity contribution in [2.45, 2.75) is 19.1 Å². The first-order valence-electron chi connectivity index (χ1n) is 6.40. The molecule has 0 saturated carbocycles. The van der Waals surface area contributed by atoms with Gasteiger partial charge in [0.1, 0.15) is 23.7 Å². The van der Waals surface area contributed by atoms with Gasteiger partial charge in [0.15, 0.2) is 0 Å². The largest absolute Gasteiger partial charge is 0.489 e. The van der Waals surface area contributed by atoms with E-state index in [9.17, 15) is 14.3 Å². The first kappa shape index (κ1) is 15.0. The van der Waals surface area contributed by atoms with Crippen LogP contribution >= 0.6 is 0 Å². The Bertz CT molecular complexity index is 641. The fourth-order valence-corrected chi connectivity index (χ4v) is 1.88. The Kier molecular flexibility index (Phi) is 4.23. The third kappa shape index (κ3) is 3.38. The molecule has 0 fully saturated rings. The second-order valence-electron chi connectivity index (χ2n) is 4.92. The zero-order valence-electron chi connectivity index (χ0n) is 11.5. The number of ether oxygens (including phenoxy) is 1. The van der Waals surface area contributed by atoms with Gasteiger partial charge in [0, 0.05) is 5.56 Å². The van der Waals surface area contributed by atoms with Crippen LogP contribution in [0.1, 0.15) is 18.1 Å². The first-order chi connectivity index (χ1) is 9.91. The summed E-state index contributed by atoms with van der Waals surface area (Å²) < 4.78 is 19.0. The minimum atomic E-state index is -1.73. The molecule has 4 nitrogen and oxygen atoms in total. The zero-order chi connectivity index (χ0) is 15.5. The Morgan fingerprint density at radius 1 is 1.29 bits per heavy atom. The number of carbonyl (C=O) groups is 1. The highest BCUT2D eigenvalue weighted by Crippen LogP contribution is 2.30. The molecule has 0 heterocycles. The lowest BCUT2D eigenvalue weighted by Crippen LogP contribution is -2.42. The van der Waals surface area contributed by atoms with Crippen molar-refractivity contribution in [2.75, 3.05) is 0 Å². The Morgan fingerprint density at radius 2 is 1.95 bits per heavy atom. The van der Waals surface area contributed by atoms with Crippen molar-refractivity contribution in [3.8, 4) is 5.75 Å². The van der Waals surface area contributed by atoms with Gasteiger partial charge in [0.2, 0.25) is 0 Å². The molecule has 0 saturated heterocycles. The van der Waals surface area contributed by atoms with E-state index in [1.54, 1.807) is 0 Å². The van der Waals surface area contributed by atoms with Gasteiger partial charge in [0.05, 0.1) is 0 Å². The Labute approximate surface area is 122 Å². The predicted octanol–water partition coefficient (Wildman–Crippen LogP) is 2.66. The minimum absolute atomic E-state index is 0.103. The molecule has 0 radical (unpaired) electrons. The average molecular weight is 289 g/mol. The second-order valence-corrected chi connectivity index (χ2v) is 4.92. The molecule has 5 heteroatoms. The van der Waals surface area contributed by atoms with Crippen molar-refractivity contribution in [3.63, 3.8) is 0 Å². The van der Waals surface area contributed by atoms with Gasteiger partial charge in [-0.1, -0.05) is 30.3 Å². The van der Waals surface area contributed by atoms with Gasteiger partial charge in [-0.25, -0.2) is 9.18 Å². The molecule has 0 amide bonds. The fourth-order valence-electron chi connectivity index (χ4n) is 1.88. The number of hydrogen-bond donors (Lipinski definition) is 2. The van der Waals surface area contributed by atoms with Crippen LogP contribution in [0.4, 0.5) is 4.39 Å². The SMILES string of the molecule is CC(N)(C(=O)O)c1cc(F)ccc1OCc1ccccc1. The van der Waals surface area contributed by atoms with Crippen LogP contribution in [0.3, 0.4) is 0 Å². The van der Waals surface area contributed by atoms with Crippen LogP contribution in [0.5, 0.6) is 5.75 Å². The van der Waals surface area contributed by atoms with E-state index >= 15 is 0 Å². The summed E-state index contributed by atoms with van der Waals surface area (Å²) in [6.07, 6.45) is 0. The van der Waals surface area contributed by atoms with Crippen molar-refractivity contribution in [2.24, 2.45) is 5.73 Å². The maximum absolute atomic E-state index is 13.4. The maximum Gasteiger partial charge on any atom is 0.328 e. The molecule has 110 valence electrons. The lowest BCUT2D eigenvalue weighted by Gasteiger charge is -2.23. The quantitative estimate of drug-likeness (QED) is 0.887. The second kappa shape index (κ2) is 5.93. The lowest BCUT2D eigenvalue weighted by molar-refractivity contribution is -0.143. The van der Waals surface area contributed by atoms with Crippen LogP contribution in [-0.2, 0) is 16.9 Å². The fraction of sp³-hybridized carbons (Fsp3) is 0.188. The van der Waals surface area contributed by atoms with Gasteiger partial charge in [-0.3, -0.25) is 0 Å². The smallest absolute Gasteiger partial charge is 0.328 e. The van der Waals surface area contributed by atoms with Gasteiger partial charge >= 0.3 is 5.97 Å². The Hall–Kier alpha value is -2.40. The number of benzene rings is 2. The number of carboxylic acid groups (broad SMARTS) is 1. The molecule has 3 N–H and O–H groups in total. The van der Waals surface area contributed by atoms with Crippen LogP contribution in [0.25, 0.3) is 0 Å². The summed E-state index contributed by atoms with van der Waals surface area (Å²) >= 11 is 0. The number of halogens is 1. The summed E-state index contributed by atoms with van der Waals surface area (Å²) in [5.74, 6) is -1.56. The van der Waals surface area contributed by atoms with Crippen LogP contribution in [0, 0.1) is 5.82 Å². The van der Waals surface area contributed by atoms with E-state index in [1.807, 2.05) is 30.3 Å². The van der Waals surface area contributed by atoms with Crippen LogP contribution in [0.2, 0.25) is 0 Å². The van der Waals surface area contributed by atoms with E-state index < -0.39 is 17.3 Å². The normalized spacial score (nSPS) is 13.5. The molecule has 2 aromatic rings. The van der Waals surface area contributed by atoms with Crippen molar-refractivity contribution < 1.29 is 19.0 Å². The van der Waals surface area contributed by atoms with Crippen molar-refractivity contribution in [1.82, 2.24) is 0 Å².